The zero-order valence-corrected chi connectivity index (χ0v) is 14.5. The number of carbonyl (C=O) groups is 1. The molecule has 1 heterocycles. The van der Waals surface area contributed by atoms with Crippen molar-refractivity contribution in [2.45, 2.75) is 26.2 Å². The maximum atomic E-state index is 12.9. The minimum Gasteiger partial charge on any atom is -0.497 e. The number of anilines is 1. The van der Waals surface area contributed by atoms with E-state index in [1.54, 1.807) is 12.0 Å². The van der Waals surface area contributed by atoms with Gasteiger partial charge in [0, 0.05) is 12.6 Å². The minimum absolute atomic E-state index is 0.0742. The highest BCUT2D eigenvalue weighted by molar-refractivity contribution is 6.37. The minimum atomic E-state index is 0.0742. The Labute approximate surface area is 143 Å². The van der Waals surface area contributed by atoms with Crippen LogP contribution in [0.15, 0.2) is 48.5 Å². The fourth-order valence-corrected chi connectivity index (χ4v) is 3.24. The van der Waals surface area contributed by atoms with Gasteiger partial charge in [-0.05, 0) is 42.2 Å². The van der Waals surface area contributed by atoms with E-state index in [0.29, 0.717) is 0 Å². The summed E-state index contributed by atoms with van der Waals surface area (Å²) in [4.78, 5) is 14.7. The first-order valence-electron chi connectivity index (χ1n) is 8.42. The highest BCUT2D eigenvalue weighted by Crippen LogP contribution is 2.41. The van der Waals surface area contributed by atoms with Crippen molar-refractivity contribution < 1.29 is 9.53 Å². The molecular weight excluding hydrogens is 298 g/mol. The van der Waals surface area contributed by atoms with E-state index >= 15 is 0 Å². The maximum absolute atomic E-state index is 12.9. The molecule has 1 aliphatic heterocycles. The van der Waals surface area contributed by atoms with Gasteiger partial charge in [-0.3, -0.25) is 4.79 Å². The van der Waals surface area contributed by atoms with E-state index in [1.165, 1.54) is 0 Å². The summed E-state index contributed by atoms with van der Waals surface area (Å²) in [6.07, 6.45) is 3.02. The molecule has 3 heteroatoms. The van der Waals surface area contributed by atoms with E-state index in [4.69, 9.17) is 4.74 Å². The van der Waals surface area contributed by atoms with Crippen LogP contribution in [0.1, 0.15) is 37.3 Å². The first-order valence-corrected chi connectivity index (χ1v) is 8.42. The molecule has 0 saturated heterocycles. The molecule has 3 nitrogen and oxygen atoms in total. The first kappa shape index (κ1) is 16.3. The number of carbonyl (C=O) groups excluding carboxylic acids is 1. The van der Waals surface area contributed by atoms with Gasteiger partial charge in [-0.15, -0.1) is 0 Å². The summed E-state index contributed by atoms with van der Waals surface area (Å²) in [6, 6.07) is 16.0. The lowest BCUT2D eigenvalue weighted by molar-refractivity contribution is -0.112. The van der Waals surface area contributed by atoms with Crippen molar-refractivity contribution in [1.29, 1.82) is 0 Å². The number of methoxy groups -OCH3 is 1. The number of allylic oxidation sites excluding steroid dienone is 1. The molecule has 3 rings (SSSR count). The Bertz CT molecular complexity index is 792. The molecule has 0 aliphatic carbocycles. The molecule has 0 aromatic heterocycles. The standard InChI is InChI=1S/C21H23NO2/c1-4-5-11-17(15-9-8-10-16(14-15)24-3)20-18-12-6-7-13-19(18)22(2)21(20)23/h6-10,12-14H,4-5,11H2,1-3H3/b20-17+. The summed E-state index contributed by atoms with van der Waals surface area (Å²) < 4.78 is 5.37. The molecule has 1 aliphatic rings. The summed E-state index contributed by atoms with van der Waals surface area (Å²) in [7, 11) is 3.51. The fraction of sp³-hybridized carbons (Fsp3) is 0.286. The van der Waals surface area contributed by atoms with Crippen LogP contribution < -0.4 is 9.64 Å². The van der Waals surface area contributed by atoms with E-state index in [2.05, 4.69) is 13.0 Å². The third-order valence-corrected chi connectivity index (χ3v) is 4.55. The molecule has 0 unspecified atom stereocenters. The lowest BCUT2D eigenvalue weighted by atomic mass is 9.91. The van der Waals surface area contributed by atoms with Gasteiger partial charge in [-0.2, -0.15) is 0 Å². The maximum Gasteiger partial charge on any atom is 0.259 e. The van der Waals surface area contributed by atoms with Gasteiger partial charge >= 0.3 is 0 Å². The van der Waals surface area contributed by atoms with Crippen LogP contribution >= 0.6 is 0 Å². The Kier molecular flexibility index (Phi) is 4.70. The molecular formula is C21H23NO2. The third-order valence-electron chi connectivity index (χ3n) is 4.55. The van der Waals surface area contributed by atoms with Crippen LogP contribution in [0.3, 0.4) is 0 Å². The van der Waals surface area contributed by atoms with Gasteiger partial charge in [0.25, 0.3) is 5.91 Å². The van der Waals surface area contributed by atoms with Crippen molar-refractivity contribution in [2.75, 3.05) is 19.1 Å². The van der Waals surface area contributed by atoms with Crippen LogP contribution in [-0.2, 0) is 4.79 Å². The van der Waals surface area contributed by atoms with Crippen molar-refractivity contribution in [3.8, 4) is 5.75 Å². The van der Waals surface area contributed by atoms with Crippen LogP contribution in [0.25, 0.3) is 11.1 Å². The number of benzene rings is 2. The van der Waals surface area contributed by atoms with Gasteiger partial charge in [-0.1, -0.05) is 43.7 Å². The van der Waals surface area contributed by atoms with Crippen molar-refractivity contribution in [3.63, 3.8) is 0 Å². The zero-order valence-electron chi connectivity index (χ0n) is 14.5. The highest BCUT2D eigenvalue weighted by Gasteiger charge is 2.32. The molecule has 0 saturated carbocycles. The number of rotatable bonds is 5. The van der Waals surface area contributed by atoms with Crippen LogP contribution in [0.2, 0.25) is 0 Å². The normalized spacial score (nSPS) is 15.5. The summed E-state index contributed by atoms with van der Waals surface area (Å²) in [5.74, 6) is 0.888. The number of hydrogen-bond donors (Lipinski definition) is 0. The second-order valence-electron chi connectivity index (χ2n) is 6.07. The van der Waals surface area contributed by atoms with E-state index in [0.717, 1.165) is 53.0 Å². The Morgan fingerprint density at radius 1 is 1.12 bits per heavy atom. The van der Waals surface area contributed by atoms with E-state index in [9.17, 15) is 4.79 Å². The SMILES string of the molecule is CCCC/C(=C1\C(=O)N(C)c2ccccc21)c1cccc(OC)c1. The summed E-state index contributed by atoms with van der Waals surface area (Å²) in [6.45, 7) is 2.17. The molecule has 0 N–H and O–H groups in total. The average Bonchev–Trinajstić information content (AvgIpc) is 2.88. The molecule has 0 spiro atoms. The highest BCUT2D eigenvalue weighted by atomic mass is 16.5. The van der Waals surface area contributed by atoms with Crippen molar-refractivity contribution in [1.82, 2.24) is 0 Å². The molecule has 1 amide bonds. The summed E-state index contributed by atoms with van der Waals surface area (Å²) in [5, 5.41) is 0. The number of ether oxygens (including phenoxy) is 1. The fourth-order valence-electron chi connectivity index (χ4n) is 3.24. The zero-order chi connectivity index (χ0) is 17.1. The van der Waals surface area contributed by atoms with Crippen LogP contribution in [0.4, 0.5) is 5.69 Å². The second kappa shape index (κ2) is 6.91. The number of nitrogens with zero attached hydrogens (tertiary/aromatic N) is 1. The van der Waals surface area contributed by atoms with Gasteiger partial charge in [0.05, 0.1) is 18.4 Å². The largest absolute Gasteiger partial charge is 0.497 e. The van der Waals surface area contributed by atoms with E-state index in [-0.39, 0.29) is 5.91 Å². The predicted octanol–water partition coefficient (Wildman–Crippen LogP) is 4.77. The average molecular weight is 321 g/mol. The quantitative estimate of drug-likeness (QED) is 0.742. The van der Waals surface area contributed by atoms with Crippen LogP contribution in [-0.4, -0.2) is 20.1 Å². The molecule has 2 aromatic rings. The van der Waals surface area contributed by atoms with Gasteiger partial charge < -0.3 is 9.64 Å². The molecule has 124 valence electrons. The lowest BCUT2D eigenvalue weighted by Gasteiger charge is -2.13. The molecule has 24 heavy (non-hydrogen) atoms. The predicted molar refractivity (Wildman–Crippen MR) is 99.2 cm³/mol. The van der Waals surface area contributed by atoms with Gasteiger partial charge in [0.15, 0.2) is 0 Å². The van der Waals surface area contributed by atoms with Crippen molar-refractivity contribution in [2.24, 2.45) is 0 Å². The topological polar surface area (TPSA) is 29.5 Å². The van der Waals surface area contributed by atoms with Gasteiger partial charge in [0.2, 0.25) is 0 Å². The monoisotopic (exact) mass is 321 g/mol. The van der Waals surface area contributed by atoms with Gasteiger partial charge in [0.1, 0.15) is 5.75 Å². The number of likely N-dealkylation sites (N-methyl/N-ethyl adjacent to an activating group) is 1. The van der Waals surface area contributed by atoms with Gasteiger partial charge in [-0.25, -0.2) is 0 Å². The van der Waals surface area contributed by atoms with Crippen molar-refractivity contribution in [3.05, 3.63) is 59.7 Å². The van der Waals surface area contributed by atoms with E-state index < -0.39 is 0 Å². The Hall–Kier alpha value is -2.55. The molecule has 2 aromatic carbocycles. The molecule has 0 radical (unpaired) electrons. The lowest BCUT2D eigenvalue weighted by Crippen LogP contribution is -2.20. The smallest absolute Gasteiger partial charge is 0.259 e. The second-order valence-corrected chi connectivity index (χ2v) is 6.07. The Balaban J connectivity index is 2.21. The number of fused-ring (bicyclic) bond motifs is 1. The van der Waals surface area contributed by atoms with E-state index in [1.807, 2.05) is 49.5 Å². The molecule has 0 atom stereocenters. The summed E-state index contributed by atoms with van der Waals surface area (Å²) >= 11 is 0. The molecule has 0 fully saturated rings. The number of hydrogen-bond acceptors (Lipinski definition) is 2. The van der Waals surface area contributed by atoms with Crippen molar-refractivity contribution >= 4 is 22.7 Å². The number of para-hydroxylation sites is 1. The molecule has 0 bridgehead atoms. The van der Waals surface area contributed by atoms with Crippen LogP contribution in [0.5, 0.6) is 5.75 Å². The number of unbranched alkanes of at least 4 members (excludes halogenated alkanes) is 1. The Morgan fingerprint density at radius 2 is 1.92 bits per heavy atom. The summed E-state index contributed by atoms with van der Waals surface area (Å²) in [5.41, 5.74) is 5.01. The third kappa shape index (κ3) is 2.82. The first-order chi connectivity index (χ1) is 11.7. The van der Waals surface area contributed by atoms with Crippen LogP contribution in [0, 0.1) is 0 Å². The number of amides is 1. The Morgan fingerprint density at radius 3 is 2.67 bits per heavy atom.